The van der Waals surface area contributed by atoms with Crippen LogP contribution in [-0.2, 0) is 24.7 Å². The van der Waals surface area contributed by atoms with Crippen LogP contribution in [0.4, 0.5) is 0 Å². The van der Waals surface area contributed by atoms with Gasteiger partial charge in [-0.3, -0.25) is 0 Å². The van der Waals surface area contributed by atoms with Crippen molar-refractivity contribution in [1.29, 1.82) is 0 Å². The molecule has 0 aromatic rings. The average molecular weight is 529 g/mol. The van der Waals surface area contributed by atoms with Gasteiger partial charge in [0.15, 0.2) is 0 Å². The molecular formula is C18H48O6Si6. The second-order valence-corrected chi connectivity index (χ2v) is 29.4. The summed E-state index contributed by atoms with van der Waals surface area (Å²) in [4.78, 5) is 0. The zero-order valence-electron chi connectivity index (χ0n) is 21.4. The monoisotopic (exact) mass is 528 g/mol. The molecule has 12 heteroatoms. The molecule has 1 heterocycles. The average Bonchev–Trinajstić information content (AvgIpc) is 2.60. The lowest BCUT2D eigenvalue weighted by Crippen LogP contribution is -2.52. The van der Waals surface area contributed by atoms with Crippen molar-refractivity contribution in [3.05, 3.63) is 0 Å². The molecule has 1 aliphatic rings. The van der Waals surface area contributed by atoms with E-state index in [1.165, 1.54) is 0 Å². The van der Waals surface area contributed by atoms with Crippen LogP contribution >= 0.6 is 0 Å². The Kier molecular flexibility index (Phi) is 13.3. The molecule has 0 aliphatic carbocycles. The minimum atomic E-state index is -1.92. The van der Waals surface area contributed by atoms with Crippen LogP contribution in [0.3, 0.4) is 0 Å². The molecule has 0 spiro atoms. The first-order valence-electron chi connectivity index (χ1n) is 11.8. The summed E-state index contributed by atoms with van der Waals surface area (Å²) in [6.07, 6.45) is 0. The zero-order valence-corrected chi connectivity index (χ0v) is 28.3. The van der Waals surface area contributed by atoms with Crippen molar-refractivity contribution >= 4 is 55.7 Å². The van der Waals surface area contributed by atoms with Crippen LogP contribution in [0.15, 0.2) is 0 Å². The zero-order chi connectivity index (χ0) is 23.2. The Balaban J connectivity index is 3.33. The van der Waals surface area contributed by atoms with E-state index in [2.05, 4.69) is 83.1 Å². The summed E-state index contributed by atoms with van der Waals surface area (Å²) in [5.74, 6) is 0. The van der Waals surface area contributed by atoms with E-state index in [0.29, 0.717) is 33.2 Å². The first-order valence-corrected chi connectivity index (χ1v) is 21.4. The third-order valence-electron chi connectivity index (χ3n) is 4.88. The maximum Gasteiger partial charge on any atom is 0.306 e. The number of hydrogen-bond acceptors (Lipinski definition) is 6. The van der Waals surface area contributed by atoms with Gasteiger partial charge in [-0.1, -0.05) is 83.1 Å². The van der Waals surface area contributed by atoms with Gasteiger partial charge < -0.3 is 24.7 Å². The Hall–Kier alpha value is 1.06. The van der Waals surface area contributed by atoms with Gasteiger partial charge in [-0.05, 0) is 33.2 Å². The molecule has 1 aliphatic heterocycles. The summed E-state index contributed by atoms with van der Waals surface area (Å²) in [6, 6.07) is 0. The van der Waals surface area contributed by atoms with Crippen LogP contribution in [-0.4, -0.2) is 55.7 Å². The molecular weight excluding hydrogens is 481 g/mol. The van der Waals surface area contributed by atoms with Gasteiger partial charge in [-0.2, -0.15) is 0 Å². The lowest BCUT2D eigenvalue weighted by atomic mass is 10.6. The van der Waals surface area contributed by atoms with Gasteiger partial charge >= 0.3 is 55.7 Å². The van der Waals surface area contributed by atoms with E-state index in [9.17, 15) is 0 Å². The van der Waals surface area contributed by atoms with Crippen molar-refractivity contribution < 1.29 is 24.7 Å². The Morgan fingerprint density at radius 2 is 0.367 bits per heavy atom. The largest absolute Gasteiger partial charge is 0.420 e. The highest BCUT2D eigenvalue weighted by Gasteiger charge is 2.40. The predicted octanol–water partition coefficient (Wildman–Crippen LogP) is 3.88. The molecule has 0 bridgehead atoms. The normalized spacial score (nSPS) is 33.0. The highest BCUT2D eigenvalue weighted by atomic mass is 28.5. The lowest BCUT2D eigenvalue weighted by molar-refractivity contribution is 0.262. The fourth-order valence-corrected chi connectivity index (χ4v) is 29.3. The van der Waals surface area contributed by atoms with Crippen LogP contribution < -0.4 is 0 Å². The van der Waals surface area contributed by atoms with Gasteiger partial charge in [0.05, 0.1) is 0 Å². The fourth-order valence-electron chi connectivity index (χ4n) is 2.87. The topological polar surface area (TPSA) is 55.4 Å². The molecule has 0 amide bonds. The van der Waals surface area contributed by atoms with Gasteiger partial charge in [-0.25, -0.2) is 0 Å². The van der Waals surface area contributed by atoms with E-state index in [4.69, 9.17) is 24.7 Å². The predicted molar refractivity (Wildman–Crippen MR) is 140 cm³/mol. The van der Waals surface area contributed by atoms with Gasteiger partial charge in [-0.15, -0.1) is 0 Å². The second kappa shape index (κ2) is 13.7. The van der Waals surface area contributed by atoms with E-state index >= 15 is 0 Å². The van der Waals surface area contributed by atoms with Gasteiger partial charge in [0.25, 0.3) is 0 Å². The highest BCUT2D eigenvalue weighted by molar-refractivity contribution is 6.75. The highest BCUT2D eigenvalue weighted by Crippen LogP contribution is 2.28. The van der Waals surface area contributed by atoms with Crippen LogP contribution in [0.1, 0.15) is 83.1 Å². The molecule has 0 saturated carbocycles. The molecule has 0 N–H and O–H groups in total. The van der Waals surface area contributed by atoms with Crippen molar-refractivity contribution in [3.63, 3.8) is 0 Å². The van der Waals surface area contributed by atoms with Crippen LogP contribution in [0, 0.1) is 0 Å². The van der Waals surface area contributed by atoms with Crippen molar-refractivity contribution in [3.8, 4) is 0 Å². The molecule has 30 heavy (non-hydrogen) atoms. The van der Waals surface area contributed by atoms with Gasteiger partial charge in [0.1, 0.15) is 0 Å². The SMILES string of the molecule is CC(C)[SiH]1O[SiH](C(C)C)O[SiH](C(C)C)O[SiH](C(C)C)O[SiH](C(C)C)O[SiH](C(C)C)O1. The summed E-state index contributed by atoms with van der Waals surface area (Å²) in [6.45, 7) is 26.5. The minimum Gasteiger partial charge on any atom is -0.420 e. The van der Waals surface area contributed by atoms with Crippen LogP contribution in [0.2, 0.25) is 33.2 Å². The molecule has 180 valence electrons. The molecule has 0 aromatic heterocycles. The maximum atomic E-state index is 6.73. The van der Waals surface area contributed by atoms with E-state index in [-0.39, 0.29) is 0 Å². The summed E-state index contributed by atoms with van der Waals surface area (Å²) >= 11 is 0. The van der Waals surface area contributed by atoms with Crippen molar-refractivity contribution in [2.24, 2.45) is 0 Å². The van der Waals surface area contributed by atoms with Gasteiger partial charge in [0.2, 0.25) is 0 Å². The molecule has 0 unspecified atom stereocenters. The minimum absolute atomic E-state index is 0.376. The number of hydrogen-bond donors (Lipinski definition) is 0. The summed E-state index contributed by atoms with van der Waals surface area (Å²) in [5.41, 5.74) is 2.25. The van der Waals surface area contributed by atoms with E-state index in [1.54, 1.807) is 0 Å². The van der Waals surface area contributed by atoms with Crippen molar-refractivity contribution in [1.82, 2.24) is 0 Å². The Labute approximate surface area is 196 Å². The van der Waals surface area contributed by atoms with E-state index in [0.717, 1.165) is 0 Å². The second-order valence-electron chi connectivity index (χ2n) is 10.5. The first-order chi connectivity index (χ1) is 13.8. The number of rotatable bonds is 6. The molecule has 1 rings (SSSR count). The van der Waals surface area contributed by atoms with Crippen LogP contribution in [0.5, 0.6) is 0 Å². The third-order valence-corrected chi connectivity index (χ3v) is 24.3. The van der Waals surface area contributed by atoms with Crippen molar-refractivity contribution in [2.75, 3.05) is 0 Å². The first kappa shape index (κ1) is 29.1. The lowest BCUT2D eigenvalue weighted by Gasteiger charge is -2.39. The summed E-state index contributed by atoms with van der Waals surface area (Å²) < 4.78 is 40.4. The summed E-state index contributed by atoms with van der Waals surface area (Å²) in [7, 11) is -11.5. The molecule has 1 fully saturated rings. The fraction of sp³-hybridized carbons (Fsp3) is 1.00. The molecule has 0 radical (unpaired) electrons. The molecule has 6 nitrogen and oxygen atoms in total. The van der Waals surface area contributed by atoms with Crippen LogP contribution in [0.25, 0.3) is 0 Å². The third kappa shape index (κ3) is 9.51. The maximum absolute atomic E-state index is 6.73. The Bertz CT molecular complexity index is 362. The quantitative estimate of drug-likeness (QED) is 0.488. The molecule has 1 saturated heterocycles. The van der Waals surface area contributed by atoms with E-state index < -0.39 is 55.7 Å². The Morgan fingerprint density at radius 1 is 0.267 bits per heavy atom. The summed E-state index contributed by atoms with van der Waals surface area (Å²) in [5, 5.41) is 0. The molecule has 0 aromatic carbocycles. The van der Waals surface area contributed by atoms with Crippen molar-refractivity contribution in [2.45, 2.75) is 116 Å². The van der Waals surface area contributed by atoms with E-state index in [1.807, 2.05) is 0 Å². The molecule has 0 atom stereocenters. The Morgan fingerprint density at radius 3 is 0.433 bits per heavy atom. The van der Waals surface area contributed by atoms with Gasteiger partial charge in [0, 0.05) is 0 Å². The smallest absolute Gasteiger partial charge is 0.306 e. The standard InChI is InChI=1S/C18H48O6Si6/c1-13(2)25-19-26(14(3)4)21-28(16(7)8)23-30(18(11)12)24-29(17(9)10)22-27(20-25)15(5)6/h13-18,25-30H,1-12H3.